The normalized spacial score (nSPS) is 11.4. The topological polar surface area (TPSA) is 46.2 Å². The summed E-state index contributed by atoms with van der Waals surface area (Å²) in [5, 5.41) is 0.231. The van der Waals surface area contributed by atoms with Crippen molar-refractivity contribution in [1.29, 1.82) is 0 Å². The minimum absolute atomic E-state index is 0.00837. The average molecular weight is 266 g/mol. The van der Waals surface area contributed by atoms with Crippen LogP contribution in [0.3, 0.4) is 0 Å². The SMILES string of the molecule is CCCCS(=O)(=O)Nc1ccc(Cl)cc1F. The average Bonchev–Trinajstić information content (AvgIpc) is 2.19. The van der Waals surface area contributed by atoms with Gasteiger partial charge >= 0.3 is 0 Å². The number of unbranched alkanes of at least 4 members (excludes halogenated alkanes) is 1. The number of sulfonamides is 1. The van der Waals surface area contributed by atoms with Crippen LogP contribution in [0.2, 0.25) is 5.02 Å². The molecule has 0 radical (unpaired) electrons. The van der Waals surface area contributed by atoms with Crippen LogP contribution in [0.1, 0.15) is 19.8 Å². The first-order chi connectivity index (χ1) is 7.44. The molecule has 0 heterocycles. The van der Waals surface area contributed by atoms with Crippen molar-refractivity contribution in [3.63, 3.8) is 0 Å². The molecule has 0 aliphatic carbocycles. The van der Waals surface area contributed by atoms with Crippen molar-refractivity contribution in [1.82, 2.24) is 0 Å². The molecule has 0 saturated heterocycles. The Labute approximate surface area is 99.7 Å². The van der Waals surface area contributed by atoms with Gasteiger partial charge in [-0.2, -0.15) is 0 Å². The molecule has 1 rings (SSSR count). The lowest BCUT2D eigenvalue weighted by Crippen LogP contribution is -2.17. The Morgan fingerprint density at radius 2 is 2.12 bits per heavy atom. The van der Waals surface area contributed by atoms with Gasteiger partial charge in [-0.05, 0) is 24.6 Å². The standard InChI is InChI=1S/C10H13ClFNO2S/c1-2-3-6-16(14,15)13-10-5-4-8(11)7-9(10)12/h4-5,7,13H,2-3,6H2,1H3. The highest BCUT2D eigenvalue weighted by molar-refractivity contribution is 7.92. The van der Waals surface area contributed by atoms with Crippen LogP contribution in [0.5, 0.6) is 0 Å². The first-order valence-electron chi connectivity index (χ1n) is 4.90. The first-order valence-corrected chi connectivity index (χ1v) is 6.93. The fourth-order valence-corrected chi connectivity index (χ4v) is 2.56. The third kappa shape index (κ3) is 3.98. The van der Waals surface area contributed by atoms with Crippen molar-refractivity contribution in [2.45, 2.75) is 19.8 Å². The molecule has 0 saturated carbocycles. The lowest BCUT2D eigenvalue weighted by molar-refractivity contribution is 0.595. The molecule has 16 heavy (non-hydrogen) atoms. The Morgan fingerprint density at radius 1 is 1.44 bits per heavy atom. The summed E-state index contributed by atoms with van der Waals surface area (Å²) >= 11 is 5.55. The van der Waals surface area contributed by atoms with Crippen molar-refractivity contribution in [2.75, 3.05) is 10.5 Å². The third-order valence-electron chi connectivity index (χ3n) is 1.96. The lowest BCUT2D eigenvalue weighted by Gasteiger charge is -2.08. The van der Waals surface area contributed by atoms with Crippen LogP contribution < -0.4 is 4.72 Å². The summed E-state index contributed by atoms with van der Waals surface area (Å²) in [5.74, 6) is -0.682. The molecular formula is C10H13ClFNO2S. The maximum absolute atomic E-state index is 13.3. The van der Waals surface area contributed by atoms with E-state index in [-0.39, 0.29) is 16.5 Å². The summed E-state index contributed by atoms with van der Waals surface area (Å²) in [5.41, 5.74) is -0.0690. The van der Waals surface area contributed by atoms with E-state index in [4.69, 9.17) is 11.6 Å². The number of halogens is 2. The molecule has 0 amide bonds. The smallest absolute Gasteiger partial charge is 0.232 e. The Balaban J connectivity index is 2.80. The Morgan fingerprint density at radius 3 is 2.69 bits per heavy atom. The lowest BCUT2D eigenvalue weighted by atomic mass is 10.3. The molecule has 0 spiro atoms. The second kappa shape index (κ2) is 5.50. The van der Waals surface area contributed by atoms with E-state index in [0.29, 0.717) is 6.42 Å². The summed E-state index contributed by atoms with van der Waals surface area (Å²) in [6, 6.07) is 3.81. The molecule has 0 atom stereocenters. The van der Waals surface area contributed by atoms with Crippen molar-refractivity contribution < 1.29 is 12.8 Å². The zero-order valence-electron chi connectivity index (χ0n) is 8.83. The van der Waals surface area contributed by atoms with E-state index in [0.717, 1.165) is 12.5 Å². The predicted molar refractivity (Wildman–Crippen MR) is 63.7 cm³/mol. The predicted octanol–water partition coefficient (Wildman–Crippen LogP) is 3.02. The van der Waals surface area contributed by atoms with E-state index < -0.39 is 15.8 Å². The summed E-state index contributed by atoms with van der Waals surface area (Å²) in [6.07, 6.45) is 1.31. The number of anilines is 1. The van der Waals surface area contributed by atoms with Gasteiger partial charge in [0.05, 0.1) is 11.4 Å². The molecule has 1 aromatic carbocycles. The third-order valence-corrected chi connectivity index (χ3v) is 3.56. The van der Waals surface area contributed by atoms with Gasteiger partial charge in [0.1, 0.15) is 5.82 Å². The maximum Gasteiger partial charge on any atom is 0.232 e. The zero-order chi connectivity index (χ0) is 12.2. The molecule has 3 nitrogen and oxygen atoms in total. The molecule has 0 bridgehead atoms. The molecule has 1 N–H and O–H groups in total. The number of benzene rings is 1. The van der Waals surface area contributed by atoms with Gasteiger partial charge in [-0.15, -0.1) is 0 Å². The van der Waals surface area contributed by atoms with E-state index in [2.05, 4.69) is 4.72 Å². The van der Waals surface area contributed by atoms with Gasteiger partial charge in [-0.1, -0.05) is 24.9 Å². The summed E-state index contributed by atoms with van der Waals surface area (Å²) in [7, 11) is -3.47. The van der Waals surface area contributed by atoms with Crippen molar-refractivity contribution >= 4 is 27.3 Å². The van der Waals surface area contributed by atoms with Crippen LogP contribution in [0.4, 0.5) is 10.1 Å². The largest absolute Gasteiger partial charge is 0.281 e. The molecular weight excluding hydrogens is 253 g/mol. The molecule has 0 unspecified atom stereocenters. The second-order valence-electron chi connectivity index (χ2n) is 3.40. The molecule has 6 heteroatoms. The number of hydrogen-bond donors (Lipinski definition) is 1. The van der Waals surface area contributed by atoms with Crippen LogP contribution in [0.25, 0.3) is 0 Å². The van der Waals surface area contributed by atoms with E-state index in [1.54, 1.807) is 0 Å². The molecule has 0 aromatic heterocycles. The summed E-state index contributed by atoms with van der Waals surface area (Å²) in [4.78, 5) is 0. The van der Waals surface area contributed by atoms with Crippen molar-refractivity contribution in [3.05, 3.63) is 29.0 Å². The van der Waals surface area contributed by atoms with Crippen molar-refractivity contribution in [3.8, 4) is 0 Å². The molecule has 0 fully saturated rings. The fourth-order valence-electron chi connectivity index (χ4n) is 1.13. The van der Waals surface area contributed by atoms with Crippen LogP contribution in [-0.4, -0.2) is 14.2 Å². The Kier molecular flexibility index (Phi) is 4.56. The van der Waals surface area contributed by atoms with Crippen molar-refractivity contribution in [2.24, 2.45) is 0 Å². The van der Waals surface area contributed by atoms with E-state index >= 15 is 0 Å². The Bertz CT molecular complexity index is 462. The molecule has 0 aliphatic heterocycles. The van der Waals surface area contributed by atoms with E-state index in [9.17, 15) is 12.8 Å². The highest BCUT2D eigenvalue weighted by Crippen LogP contribution is 2.20. The number of hydrogen-bond acceptors (Lipinski definition) is 2. The van der Waals surface area contributed by atoms with E-state index in [1.807, 2.05) is 6.92 Å². The van der Waals surface area contributed by atoms with Gasteiger partial charge in [-0.3, -0.25) is 4.72 Å². The van der Waals surface area contributed by atoms with Crippen LogP contribution in [0, 0.1) is 5.82 Å². The minimum Gasteiger partial charge on any atom is -0.281 e. The van der Waals surface area contributed by atoms with Gasteiger partial charge in [-0.25, -0.2) is 12.8 Å². The molecule has 1 aromatic rings. The van der Waals surface area contributed by atoms with Gasteiger partial charge in [0.15, 0.2) is 0 Å². The molecule has 90 valence electrons. The van der Waals surface area contributed by atoms with E-state index in [1.165, 1.54) is 12.1 Å². The number of rotatable bonds is 5. The Hall–Kier alpha value is -0.810. The highest BCUT2D eigenvalue weighted by Gasteiger charge is 2.12. The van der Waals surface area contributed by atoms with Gasteiger partial charge in [0.2, 0.25) is 10.0 Å². The van der Waals surface area contributed by atoms with Gasteiger partial charge in [0.25, 0.3) is 0 Å². The summed E-state index contributed by atoms with van der Waals surface area (Å²) < 4.78 is 38.4. The van der Waals surface area contributed by atoms with Crippen LogP contribution in [0.15, 0.2) is 18.2 Å². The minimum atomic E-state index is -3.47. The van der Waals surface area contributed by atoms with Crippen LogP contribution >= 0.6 is 11.6 Å². The zero-order valence-corrected chi connectivity index (χ0v) is 10.4. The maximum atomic E-state index is 13.3. The fraction of sp³-hybridized carbons (Fsp3) is 0.400. The second-order valence-corrected chi connectivity index (χ2v) is 5.68. The van der Waals surface area contributed by atoms with Gasteiger partial charge < -0.3 is 0 Å². The van der Waals surface area contributed by atoms with Gasteiger partial charge in [0, 0.05) is 5.02 Å². The number of nitrogens with one attached hydrogen (secondary N) is 1. The van der Waals surface area contributed by atoms with Crippen LogP contribution in [-0.2, 0) is 10.0 Å². The quantitative estimate of drug-likeness (QED) is 0.890. The first kappa shape index (κ1) is 13.3. The highest BCUT2D eigenvalue weighted by atomic mass is 35.5. The molecule has 0 aliphatic rings. The summed E-state index contributed by atoms with van der Waals surface area (Å²) in [6.45, 7) is 1.89. The monoisotopic (exact) mass is 265 g/mol.